The fraction of sp³-hybridized carbons (Fsp3) is 0.185. The highest BCUT2D eigenvalue weighted by molar-refractivity contribution is 6.35. The third kappa shape index (κ3) is 7.76. The second-order valence-corrected chi connectivity index (χ2v) is 9.17. The summed E-state index contributed by atoms with van der Waals surface area (Å²) in [5.41, 5.74) is 2.18. The van der Waals surface area contributed by atoms with Crippen molar-refractivity contribution in [3.8, 4) is 5.75 Å². The average Bonchev–Trinajstić information content (AvgIpc) is 2.85. The van der Waals surface area contributed by atoms with Gasteiger partial charge in [0.2, 0.25) is 5.91 Å². The second kappa shape index (κ2) is 12.6. The molecule has 0 aliphatic heterocycles. The van der Waals surface area contributed by atoms with Crippen molar-refractivity contribution in [3.05, 3.63) is 111 Å². The van der Waals surface area contributed by atoms with Crippen LogP contribution in [0.2, 0.25) is 15.1 Å². The van der Waals surface area contributed by atoms with Crippen LogP contribution in [0.5, 0.6) is 5.75 Å². The maximum atomic E-state index is 13.2. The second-order valence-electron chi connectivity index (χ2n) is 7.86. The van der Waals surface area contributed by atoms with E-state index >= 15 is 0 Å². The van der Waals surface area contributed by atoms with Crippen molar-refractivity contribution in [1.29, 1.82) is 0 Å². The molecule has 0 saturated heterocycles. The lowest BCUT2D eigenvalue weighted by Gasteiger charge is -2.26. The van der Waals surface area contributed by atoms with Gasteiger partial charge in [0.1, 0.15) is 5.75 Å². The fourth-order valence-electron chi connectivity index (χ4n) is 3.52. The Kier molecular flexibility index (Phi) is 9.61. The van der Waals surface area contributed by atoms with E-state index in [4.69, 9.17) is 39.5 Å². The van der Waals surface area contributed by atoms with Gasteiger partial charge in [-0.25, -0.2) is 0 Å². The maximum Gasteiger partial charge on any atom is 0.254 e. The van der Waals surface area contributed by atoms with Crippen LogP contribution in [0.25, 0.3) is 0 Å². The molecule has 35 heavy (non-hydrogen) atoms. The van der Waals surface area contributed by atoms with Gasteiger partial charge in [0, 0.05) is 45.9 Å². The van der Waals surface area contributed by atoms with Gasteiger partial charge < -0.3 is 15.0 Å². The molecule has 3 aromatic carbocycles. The van der Waals surface area contributed by atoms with Gasteiger partial charge in [-0.2, -0.15) is 0 Å². The van der Waals surface area contributed by atoms with Crippen LogP contribution in [0.4, 0.5) is 0 Å². The summed E-state index contributed by atoms with van der Waals surface area (Å²) >= 11 is 18.2. The molecular formula is C27H25Cl3N2O3. The average molecular weight is 532 g/mol. The van der Waals surface area contributed by atoms with Crippen molar-refractivity contribution in [2.24, 2.45) is 0 Å². The molecule has 0 aliphatic carbocycles. The number of hydrogen-bond donors (Lipinski definition) is 1. The van der Waals surface area contributed by atoms with Crippen LogP contribution in [-0.2, 0) is 17.8 Å². The molecule has 0 aliphatic rings. The summed E-state index contributed by atoms with van der Waals surface area (Å²) in [4.78, 5) is 27.3. The van der Waals surface area contributed by atoms with Gasteiger partial charge in [0.05, 0.1) is 13.2 Å². The van der Waals surface area contributed by atoms with Crippen LogP contribution in [-0.4, -0.2) is 36.9 Å². The monoisotopic (exact) mass is 530 g/mol. The summed E-state index contributed by atoms with van der Waals surface area (Å²) in [6.45, 7) is 0.310. The minimum atomic E-state index is -0.418. The van der Waals surface area contributed by atoms with Gasteiger partial charge >= 0.3 is 0 Å². The summed E-state index contributed by atoms with van der Waals surface area (Å²) in [7, 11) is 3.26. The Labute approximate surface area is 220 Å². The van der Waals surface area contributed by atoms with E-state index in [0.717, 1.165) is 11.1 Å². The van der Waals surface area contributed by atoms with E-state index < -0.39 is 6.04 Å². The van der Waals surface area contributed by atoms with E-state index in [1.54, 1.807) is 55.5 Å². The molecule has 0 radical (unpaired) electrons. The molecule has 0 saturated carbocycles. The zero-order chi connectivity index (χ0) is 25.4. The highest BCUT2D eigenvalue weighted by atomic mass is 35.5. The number of nitrogens with one attached hydrogen (secondary N) is 1. The molecule has 0 heterocycles. The number of likely N-dealkylation sites (N-methyl/N-ethyl adjacent to an activating group) is 1. The Morgan fingerprint density at radius 1 is 0.971 bits per heavy atom. The number of rotatable bonds is 9. The first kappa shape index (κ1) is 26.6. The molecule has 0 spiro atoms. The number of benzene rings is 3. The molecule has 0 fully saturated rings. The molecule has 1 atom stereocenters. The number of carbonyl (C=O) groups is 2. The summed E-state index contributed by atoms with van der Waals surface area (Å²) in [5, 5.41) is 4.21. The molecule has 3 aromatic rings. The van der Waals surface area contributed by atoms with Crippen molar-refractivity contribution in [1.82, 2.24) is 10.2 Å². The Morgan fingerprint density at radius 2 is 1.63 bits per heavy atom. The lowest BCUT2D eigenvalue weighted by Crippen LogP contribution is -2.37. The summed E-state index contributed by atoms with van der Waals surface area (Å²) in [6, 6.07) is 19.1. The first-order chi connectivity index (χ1) is 16.8. The quantitative estimate of drug-likeness (QED) is 0.334. The normalized spacial score (nSPS) is 11.8. The van der Waals surface area contributed by atoms with Gasteiger partial charge in [-0.15, -0.1) is 0 Å². The zero-order valence-electron chi connectivity index (χ0n) is 19.3. The molecule has 2 amide bonds. The van der Waals surface area contributed by atoms with Gasteiger partial charge in [0.15, 0.2) is 0 Å². The Balaban J connectivity index is 1.77. The Hall–Kier alpha value is -2.99. The smallest absolute Gasteiger partial charge is 0.254 e. The molecule has 1 unspecified atom stereocenters. The van der Waals surface area contributed by atoms with Crippen LogP contribution >= 0.6 is 34.8 Å². The molecule has 0 bridgehead atoms. The van der Waals surface area contributed by atoms with Gasteiger partial charge in [0.25, 0.3) is 5.91 Å². The lowest BCUT2D eigenvalue weighted by atomic mass is 10.0. The van der Waals surface area contributed by atoms with E-state index in [2.05, 4.69) is 5.32 Å². The van der Waals surface area contributed by atoms with Crippen LogP contribution < -0.4 is 10.1 Å². The van der Waals surface area contributed by atoms with Crippen LogP contribution in [0.15, 0.2) is 78.9 Å². The molecule has 1 N–H and O–H groups in total. The molecular weight excluding hydrogens is 507 g/mol. The van der Waals surface area contributed by atoms with Crippen molar-refractivity contribution in [3.63, 3.8) is 0 Å². The highest BCUT2D eigenvalue weighted by Crippen LogP contribution is 2.22. The first-order valence-electron chi connectivity index (χ1n) is 10.8. The minimum absolute atomic E-state index is 0.271. The number of amides is 2. The van der Waals surface area contributed by atoms with Crippen LogP contribution in [0.1, 0.15) is 21.5 Å². The first-order valence-corrected chi connectivity index (χ1v) is 12.0. The number of ether oxygens (including phenoxy) is 1. The Morgan fingerprint density at radius 3 is 2.29 bits per heavy atom. The Bertz CT molecular complexity index is 1190. The predicted molar refractivity (Wildman–Crippen MR) is 141 cm³/mol. The number of nitrogens with zero attached hydrogens (tertiary/aromatic N) is 1. The SMILES string of the molecule is COc1ccccc1CNC(=O)C=CC(Cc1ccc(Cl)cc1)N(C)C(=O)c1cc(Cl)cc(Cl)c1. The molecule has 0 aromatic heterocycles. The predicted octanol–water partition coefficient (Wildman–Crippen LogP) is 6.21. The lowest BCUT2D eigenvalue weighted by molar-refractivity contribution is -0.116. The van der Waals surface area contributed by atoms with Crippen LogP contribution in [0, 0.1) is 0 Å². The van der Waals surface area contributed by atoms with Crippen molar-refractivity contribution in [2.75, 3.05) is 14.2 Å². The standard InChI is InChI=1S/C27H25Cl3N2O3/c1-32(27(34)20-14-22(29)16-23(30)15-20)24(13-18-7-9-21(28)10-8-18)11-12-26(33)31-17-19-5-3-4-6-25(19)35-2/h3-12,14-16,24H,13,17H2,1-2H3,(H,31,33). The maximum absolute atomic E-state index is 13.2. The van der Waals surface area contributed by atoms with Gasteiger partial charge in [-0.1, -0.05) is 71.2 Å². The molecule has 3 rings (SSSR count). The third-order valence-electron chi connectivity index (χ3n) is 5.40. The summed E-state index contributed by atoms with van der Waals surface area (Å²) in [5.74, 6) is 0.138. The minimum Gasteiger partial charge on any atom is -0.496 e. The van der Waals surface area contributed by atoms with Crippen LogP contribution in [0.3, 0.4) is 0 Å². The van der Waals surface area contributed by atoms with Gasteiger partial charge in [-0.05, 0) is 48.4 Å². The molecule has 182 valence electrons. The number of hydrogen-bond acceptors (Lipinski definition) is 3. The van der Waals surface area contributed by atoms with Crippen molar-refractivity contribution < 1.29 is 14.3 Å². The van der Waals surface area contributed by atoms with E-state index in [0.29, 0.717) is 39.3 Å². The fourth-order valence-corrected chi connectivity index (χ4v) is 4.17. The van der Waals surface area contributed by atoms with E-state index in [1.807, 2.05) is 36.4 Å². The van der Waals surface area contributed by atoms with E-state index in [-0.39, 0.29) is 11.8 Å². The summed E-state index contributed by atoms with van der Waals surface area (Å²) < 4.78 is 5.33. The largest absolute Gasteiger partial charge is 0.496 e. The van der Waals surface area contributed by atoms with Crippen molar-refractivity contribution in [2.45, 2.75) is 19.0 Å². The zero-order valence-corrected chi connectivity index (χ0v) is 21.6. The summed E-state index contributed by atoms with van der Waals surface area (Å²) in [6.07, 6.45) is 3.62. The number of methoxy groups -OCH3 is 1. The van der Waals surface area contributed by atoms with E-state index in [1.165, 1.54) is 6.08 Å². The van der Waals surface area contributed by atoms with Gasteiger partial charge in [-0.3, -0.25) is 9.59 Å². The number of carbonyl (C=O) groups excluding carboxylic acids is 2. The number of para-hydroxylation sites is 1. The molecule has 5 nitrogen and oxygen atoms in total. The number of halogens is 3. The third-order valence-corrected chi connectivity index (χ3v) is 6.09. The highest BCUT2D eigenvalue weighted by Gasteiger charge is 2.21. The van der Waals surface area contributed by atoms with Crippen molar-refractivity contribution >= 4 is 46.6 Å². The topological polar surface area (TPSA) is 58.6 Å². The van der Waals surface area contributed by atoms with E-state index in [9.17, 15) is 9.59 Å². The molecule has 8 heteroatoms.